The number of hydrogen-bond donors (Lipinski definition) is 1. The molecule has 1 unspecified atom stereocenters. The summed E-state index contributed by atoms with van der Waals surface area (Å²) in [5.74, 6) is 2.30. The van der Waals surface area contributed by atoms with Crippen LogP contribution in [0.2, 0.25) is 0 Å². The highest BCUT2D eigenvalue weighted by molar-refractivity contribution is 5.32. The Morgan fingerprint density at radius 3 is 2.73 bits per heavy atom. The van der Waals surface area contributed by atoms with E-state index in [4.69, 9.17) is 5.73 Å². The maximum Gasteiger partial charge on any atom is -0.00202 e. The van der Waals surface area contributed by atoms with Crippen LogP contribution < -0.4 is 5.73 Å². The van der Waals surface area contributed by atoms with E-state index in [1.165, 1.54) is 44.9 Å². The Balaban J connectivity index is 1.97. The minimum Gasteiger partial charge on any atom is -0.330 e. The van der Waals surface area contributed by atoms with Crippen LogP contribution in [0.25, 0.3) is 0 Å². The molecule has 1 fully saturated rings. The summed E-state index contributed by atoms with van der Waals surface area (Å²) in [5.41, 5.74) is 10.6. The summed E-state index contributed by atoms with van der Waals surface area (Å²) in [6.45, 7) is 10.6. The summed E-state index contributed by atoms with van der Waals surface area (Å²) in [4.78, 5) is 0. The van der Waals surface area contributed by atoms with Gasteiger partial charge in [-0.3, -0.25) is 0 Å². The molecule has 0 saturated heterocycles. The first-order valence-electron chi connectivity index (χ1n) is 9.49. The molecule has 0 heterocycles. The standard InChI is InChI=1S/C21H35N/c1-15(2)16-7-5-8-18-17(13-16)9-10-19-20(3,14-22)11-6-12-21(18,19)4/h5,7,15-16,19H,6,8-14,22H2,1-4H3/t16?,19-,20-,21+/m0/s1. The molecule has 1 nitrogen and oxygen atoms in total. The summed E-state index contributed by atoms with van der Waals surface area (Å²) in [7, 11) is 0. The second-order valence-corrected chi connectivity index (χ2v) is 9.05. The van der Waals surface area contributed by atoms with Crippen molar-refractivity contribution in [2.75, 3.05) is 6.54 Å². The smallest absolute Gasteiger partial charge is 0.00202 e. The SMILES string of the molecule is CC(C)C1C=CCC2=C(CC[C@H]3[C@](C)(CN)CCC[C@]23C)C1. The Labute approximate surface area is 137 Å². The predicted octanol–water partition coefficient (Wildman–Crippen LogP) is 5.47. The molecular weight excluding hydrogens is 266 g/mol. The zero-order valence-corrected chi connectivity index (χ0v) is 15.1. The summed E-state index contributed by atoms with van der Waals surface area (Å²) in [6.07, 6.45) is 14.3. The molecule has 2 N–H and O–H groups in total. The lowest BCUT2D eigenvalue weighted by Gasteiger charge is -2.56. The fourth-order valence-electron chi connectivity index (χ4n) is 5.90. The maximum atomic E-state index is 6.23. The molecule has 0 amide bonds. The lowest BCUT2D eigenvalue weighted by Crippen LogP contribution is -2.50. The molecule has 0 aromatic heterocycles. The zero-order chi connectivity index (χ0) is 16.0. The quantitative estimate of drug-likeness (QED) is 0.672. The van der Waals surface area contributed by atoms with Crippen molar-refractivity contribution >= 4 is 0 Å². The van der Waals surface area contributed by atoms with Gasteiger partial charge < -0.3 is 5.73 Å². The molecule has 3 rings (SSSR count). The molecule has 0 radical (unpaired) electrons. The van der Waals surface area contributed by atoms with Gasteiger partial charge in [-0.05, 0) is 73.7 Å². The average Bonchev–Trinajstić information content (AvgIpc) is 2.70. The topological polar surface area (TPSA) is 26.0 Å². The molecule has 124 valence electrons. The van der Waals surface area contributed by atoms with Crippen LogP contribution in [-0.2, 0) is 0 Å². The molecule has 1 heteroatoms. The first-order chi connectivity index (χ1) is 10.4. The second kappa shape index (κ2) is 5.82. The Morgan fingerprint density at radius 1 is 1.27 bits per heavy atom. The first-order valence-corrected chi connectivity index (χ1v) is 9.49. The van der Waals surface area contributed by atoms with Crippen molar-refractivity contribution in [1.29, 1.82) is 0 Å². The van der Waals surface area contributed by atoms with Crippen LogP contribution in [0.4, 0.5) is 0 Å². The van der Waals surface area contributed by atoms with Gasteiger partial charge >= 0.3 is 0 Å². The maximum absolute atomic E-state index is 6.23. The normalized spacial score (nSPS) is 42.1. The van der Waals surface area contributed by atoms with Crippen LogP contribution in [0.15, 0.2) is 23.3 Å². The van der Waals surface area contributed by atoms with Gasteiger partial charge in [-0.1, -0.05) is 57.4 Å². The highest BCUT2D eigenvalue weighted by Gasteiger charge is 2.51. The van der Waals surface area contributed by atoms with E-state index < -0.39 is 0 Å². The van der Waals surface area contributed by atoms with Gasteiger partial charge in [0.25, 0.3) is 0 Å². The van der Waals surface area contributed by atoms with Crippen molar-refractivity contribution in [3.05, 3.63) is 23.3 Å². The summed E-state index contributed by atoms with van der Waals surface area (Å²) < 4.78 is 0. The Hall–Kier alpha value is -0.560. The average molecular weight is 302 g/mol. The van der Waals surface area contributed by atoms with E-state index in [1.54, 1.807) is 0 Å². The Morgan fingerprint density at radius 2 is 2.05 bits per heavy atom. The molecule has 0 bridgehead atoms. The summed E-state index contributed by atoms with van der Waals surface area (Å²) in [5, 5.41) is 0. The molecule has 0 aromatic rings. The van der Waals surface area contributed by atoms with Gasteiger partial charge in [-0.15, -0.1) is 0 Å². The molecule has 3 aliphatic rings. The fraction of sp³-hybridized carbons (Fsp3) is 0.810. The molecule has 3 aliphatic carbocycles. The molecule has 0 aromatic carbocycles. The number of nitrogens with two attached hydrogens (primary N) is 1. The Bertz CT molecular complexity index is 486. The van der Waals surface area contributed by atoms with Crippen molar-refractivity contribution < 1.29 is 0 Å². The largest absolute Gasteiger partial charge is 0.330 e. The molecule has 0 aliphatic heterocycles. The number of hydrogen-bond acceptors (Lipinski definition) is 1. The van der Waals surface area contributed by atoms with E-state index in [0.717, 1.165) is 24.3 Å². The Kier molecular flexibility index (Phi) is 4.31. The third-order valence-electron chi connectivity index (χ3n) is 7.42. The monoisotopic (exact) mass is 301 g/mol. The van der Waals surface area contributed by atoms with E-state index in [1.807, 2.05) is 11.1 Å². The van der Waals surface area contributed by atoms with Crippen molar-refractivity contribution in [3.8, 4) is 0 Å². The van der Waals surface area contributed by atoms with Crippen LogP contribution in [0.3, 0.4) is 0 Å². The minimum absolute atomic E-state index is 0.360. The molecule has 1 saturated carbocycles. The second-order valence-electron chi connectivity index (χ2n) is 9.05. The number of fused-ring (bicyclic) bond motifs is 2. The molecular formula is C21H35N. The van der Waals surface area contributed by atoms with Gasteiger partial charge in [-0.25, -0.2) is 0 Å². The fourth-order valence-corrected chi connectivity index (χ4v) is 5.90. The van der Waals surface area contributed by atoms with Crippen LogP contribution in [-0.4, -0.2) is 6.54 Å². The van der Waals surface area contributed by atoms with E-state index in [9.17, 15) is 0 Å². The van der Waals surface area contributed by atoms with Crippen LogP contribution in [0, 0.1) is 28.6 Å². The van der Waals surface area contributed by atoms with Gasteiger partial charge in [0.15, 0.2) is 0 Å². The van der Waals surface area contributed by atoms with E-state index in [0.29, 0.717) is 10.8 Å². The van der Waals surface area contributed by atoms with E-state index in [2.05, 4.69) is 39.8 Å². The highest BCUT2D eigenvalue weighted by Crippen LogP contribution is 2.61. The third-order valence-corrected chi connectivity index (χ3v) is 7.42. The molecule has 22 heavy (non-hydrogen) atoms. The van der Waals surface area contributed by atoms with Crippen molar-refractivity contribution in [2.45, 2.75) is 72.6 Å². The minimum atomic E-state index is 0.360. The van der Waals surface area contributed by atoms with Crippen molar-refractivity contribution in [1.82, 2.24) is 0 Å². The summed E-state index contributed by atoms with van der Waals surface area (Å²) in [6, 6.07) is 0. The number of allylic oxidation sites excluding steroid dienone is 4. The van der Waals surface area contributed by atoms with E-state index in [-0.39, 0.29) is 0 Å². The zero-order valence-electron chi connectivity index (χ0n) is 15.1. The first kappa shape index (κ1) is 16.3. The van der Waals surface area contributed by atoms with Gasteiger partial charge in [0.05, 0.1) is 0 Å². The van der Waals surface area contributed by atoms with Crippen molar-refractivity contribution in [2.24, 2.45) is 34.3 Å². The highest BCUT2D eigenvalue weighted by atomic mass is 14.7. The van der Waals surface area contributed by atoms with Gasteiger partial charge in [-0.2, -0.15) is 0 Å². The number of rotatable bonds is 2. The van der Waals surface area contributed by atoms with Gasteiger partial charge in [0.1, 0.15) is 0 Å². The lowest BCUT2D eigenvalue weighted by atomic mass is 9.49. The lowest BCUT2D eigenvalue weighted by molar-refractivity contribution is 0.00390. The third kappa shape index (κ3) is 2.50. The van der Waals surface area contributed by atoms with Gasteiger partial charge in [0.2, 0.25) is 0 Å². The molecule has 4 atom stereocenters. The summed E-state index contributed by atoms with van der Waals surface area (Å²) >= 11 is 0. The van der Waals surface area contributed by atoms with Gasteiger partial charge in [0, 0.05) is 0 Å². The van der Waals surface area contributed by atoms with Crippen molar-refractivity contribution in [3.63, 3.8) is 0 Å². The predicted molar refractivity (Wildman–Crippen MR) is 95.6 cm³/mol. The molecule has 0 spiro atoms. The van der Waals surface area contributed by atoms with Crippen LogP contribution in [0.5, 0.6) is 0 Å². The van der Waals surface area contributed by atoms with Crippen LogP contribution >= 0.6 is 0 Å². The van der Waals surface area contributed by atoms with Crippen LogP contribution in [0.1, 0.15) is 72.6 Å². The van der Waals surface area contributed by atoms with E-state index >= 15 is 0 Å².